The molecule has 0 radical (unpaired) electrons. The minimum Gasteiger partial charge on any atom is -0.478 e. The van der Waals surface area contributed by atoms with Crippen LogP contribution in [0.5, 0.6) is 0 Å². The van der Waals surface area contributed by atoms with Crippen molar-refractivity contribution < 1.29 is 34.1 Å². The number of esters is 2. The van der Waals surface area contributed by atoms with Gasteiger partial charge in [-0.25, -0.2) is 14.4 Å². The number of methoxy groups -OCH3 is 1. The quantitative estimate of drug-likeness (QED) is 0.577. The van der Waals surface area contributed by atoms with Gasteiger partial charge < -0.3 is 19.7 Å². The molecular formula is C14H22O7. The summed E-state index contributed by atoms with van der Waals surface area (Å²) in [5.74, 6) is -1.78. The molecule has 0 fully saturated rings. The molecule has 0 atom stereocenters. The molecule has 0 aromatic rings. The van der Waals surface area contributed by atoms with Crippen molar-refractivity contribution >= 4 is 17.9 Å². The van der Waals surface area contributed by atoms with Gasteiger partial charge in [0, 0.05) is 17.2 Å². The lowest BCUT2D eigenvalue weighted by atomic mass is 10.4. The van der Waals surface area contributed by atoms with Crippen molar-refractivity contribution in [1.82, 2.24) is 0 Å². The highest BCUT2D eigenvalue weighted by Gasteiger charge is 1.95. The third-order valence-electron chi connectivity index (χ3n) is 1.40. The molecule has 0 aromatic carbocycles. The van der Waals surface area contributed by atoms with E-state index in [1.54, 1.807) is 6.92 Å². The van der Waals surface area contributed by atoms with Crippen molar-refractivity contribution in [2.45, 2.75) is 13.8 Å². The van der Waals surface area contributed by atoms with Crippen LogP contribution in [0.2, 0.25) is 0 Å². The van der Waals surface area contributed by atoms with Crippen LogP contribution in [0, 0.1) is 0 Å². The summed E-state index contributed by atoms with van der Waals surface area (Å²) in [5, 5.41) is 16.0. The summed E-state index contributed by atoms with van der Waals surface area (Å²) in [5.41, 5.74) is 0.609. The number of aliphatic carboxylic acids is 1. The Morgan fingerprint density at radius 3 is 1.71 bits per heavy atom. The molecular weight excluding hydrogens is 280 g/mol. The Labute approximate surface area is 124 Å². The van der Waals surface area contributed by atoms with Crippen LogP contribution >= 0.6 is 0 Å². The van der Waals surface area contributed by atoms with Crippen LogP contribution in [0.25, 0.3) is 0 Å². The molecule has 0 saturated carbocycles. The number of rotatable bonds is 5. The molecule has 120 valence electrons. The number of ether oxygens (including phenoxy) is 2. The lowest BCUT2D eigenvalue weighted by molar-refractivity contribution is -0.138. The average molecular weight is 302 g/mol. The summed E-state index contributed by atoms with van der Waals surface area (Å²) in [6, 6.07) is 0. The van der Waals surface area contributed by atoms with Gasteiger partial charge in [0.05, 0.1) is 13.7 Å². The number of carbonyl (C=O) groups is 3. The summed E-state index contributed by atoms with van der Waals surface area (Å²) >= 11 is 0. The minimum atomic E-state index is -0.935. The lowest BCUT2D eigenvalue weighted by Gasteiger charge is -1.94. The summed E-state index contributed by atoms with van der Waals surface area (Å²) < 4.78 is 8.61. The van der Waals surface area contributed by atoms with Crippen molar-refractivity contribution in [1.29, 1.82) is 0 Å². The van der Waals surface area contributed by atoms with Crippen LogP contribution in [-0.4, -0.2) is 48.4 Å². The van der Waals surface area contributed by atoms with E-state index >= 15 is 0 Å². The first-order valence-corrected chi connectivity index (χ1v) is 5.66. The van der Waals surface area contributed by atoms with Crippen molar-refractivity contribution in [3.8, 4) is 0 Å². The fourth-order valence-corrected chi connectivity index (χ4v) is 0.379. The molecule has 0 rings (SSSR count). The molecule has 0 unspecified atom stereocenters. The number of carboxylic acids is 1. The minimum absolute atomic E-state index is 0.0465. The van der Waals surface area contributed by atoms with Crippen LogP contribution in [0.1, 0.15) is 13.8 Å². The number of aliphatic hydroxyl groups is 1. The van der Waals surface area contributed by atoms with Gasteiger partial charge in [0.1, 0.15) is 6.61 Å². The second-order valence-corrected chi connectivity index (χ2v) is 3.45. The molecule has 0 heterocycles. The third kappa shape index (κ3) is 23.1. The maximum atomic E-state index is 10.2. The Morgan fingerprint density at radius 1 is 1.14 bits per heavy atom. The number of hydrogen-bond acceptors (Lipinski definition) is 6. The van der Waals surface area contributed by atoms with Gasteiger partial charge in [-0.2, -0.15) is 0 Å². The summed E-state index contributed by atoms with van der Waals surface area (Å²) in [4.78, 5) is 29.9. The number of carboxylic acid groups (broad SMARTS) is 1. The third-order valence-corrected chi connectivity index (χ3v) is 1.40. The first kappa shape index (κ1) is 23.7. The molecule has 7 nitrogen and oxygen atoms in total. The van der Waals surface area contributed by atoms with Crippen molar-refractivity contribution in [2.24, 2.45) is 0 Å². The molecule has 0 aliphatic rings. The molecule has 0 amide bonds. The van der Waals surface area contributed by atoms with Crippen LogP contribution in [0.15, 0.2) is 37.0 Å². The molecule has 0 saturated heterocycles. The highest BCUT2D eigenvalue weighted by Crippen LogP contribution is 1.87. The summed E-state index contributed by atoms with van der Waals surface area (Å²) in [7, 11) is 1.33. The lowest BCUT2D eigenvalue weighted by Crippen LogP contribution is -2.04. The van der Waals surface area contributed by atoms with E-state index in [-0.39, 0.29) is 24.8 Å². The summed E-state index contributed by atoms with van der Waals surface area (Å²) in [6.45, 7) is 12.6. The Bertz CT molecular complexity index is 371. The monoisotopic (exact) mass is 302 g/mol. The van der Waals surface area contributed by atoms with Crippen LogP contribution in [0.4, 0.5) is 0 Å². The molecule has 0 spiro atoms. The molecule has 0 aromatic heterocycles. The number of carbonyl (C=O) groups excluding carboxylic acids is 2. The Balaban J connectivity index is -0.000000234. The molecule has 21 heavy (non-hydrogen) atoms. The predicted molar refractivity (Wildman–Crippen MR) is 77.5 cm³/mol. The maximum Gasteiger partial charge on any atom is 0.332 e. The van der Waals surface area contributed by atoms with E-state index in [9.17, 15) is 14.4 Å². The smallest absolute Gasteiger partial charge is 0.332 e. The van der Waals surface area contributed by atoms with Crippen LogP contribution < -0.4 is 0 Å². The van der Waals surface area contributed by atoms with E-state index in [1.807, 2.05) is 0 Å². The van der Waals surface area contributed by atoms with Gasteiger partial charge in [0.25, 0.3) is 0 Å². The topological polar surface area (TPSA) is 110 Å². The van der Waals surface area contributed by atoms with Crippen molar-refractivity contribution in [3.63, 3.8) is 0 Å². The molecule has 7 heteroatoms. The van der Waals surface area contributed by atoms with Gasteiger partial charge in [-0.1, -0.05) is 19.7 Å². The normalized spacial score (nSPS) is 7.81. The highest BCUT2D eigenvalue weighted by molar-refractivity contribution is 5.86. The average Bonchev–Trinajstić information content (AvgIpc) is 2.44. The highest BCUT2D eigenvalue weighted by atomic mass is 16.5. The zero-order chi connectivity index (χ0) is 17.4. The van der Waals surface area contributed by atoms with Crippen LogP contribution in [0.3, 0.4) is 0 Å². The fourth-order valence-electron chi connectivity index (χ4n) is 0.379. The van der Waals surface area contributed by atoms with Crippen LogP contribution in [-0.2, 0) is 23.9 Å². The van der Waals surface area contributed by atoms with E-state index < -0.39 is 11.9 Å². The van der Waals surface area contributed by atoms with E-state index in [1.165, 1.54) is 14.0 Å². The fraction of sp³-hybridized carbons (Fsp3) is 0.357. The van der Waals surface area contributed by atoms with E-state index in [4.69, 9.17) is 10.2 Å². The maximum absolute atomic E-state index is 10.2. The first-order chi connectivity index (χ1) is 9.63. The molecule has 0 aliphatic heterocycles. The van der Waals surface area contributed by atoms with E-state index in [0.717, 1.165) is 6.08 Å². The number of hydrogen-bond donors (Lipinski definition) is 2. The van der Waals surface area contributed by atoms with Gasteiger partial charge in [-0.15, -0.1) is 0 Å². The van der Waals surface area contributed by atoms with Crippen molar-refractivity contribution in [2.75, 3.05) is 20.3 Å². The summed E-state index contributed by atoms with van der Waals surface area (Å²) in [6.07, 6.45) is 1.05. The zero-order valence-corrected chi connectivity index (χ0v) is 12.5. The largest absolute Gasteiger partial charge is 0.478 e. The standard InChI is InChI=1S/C5H8O3.C5H8O2.C4H6O2/c1-2-5(7)8-4-3-6;1-4(2)5(6)7-3;1-3(2)4(5)6/h2,6H,1,3-4H2;1H2,2-3H3;1H2,2H3,(H,5,6). The van der Waals surface area contributed by atoms with E-state index in [0.29, 0.717) is 5.57 Å². The Morgan fingerprint density at radius 2 is 1.57 bits per heavy atom. The Kier molecular flexibility index (Phi) is 17.6. The van der Waals surface area contributed by atoms with Gasteiger partial charge in [0.2, 0.25) is 0 Å². The first-order valence-electron chi connectivity index (χ1n) is 5.66. The number of aliphatic hydroxyl groups excluding tert-OH is 1. The van der Waals surface area contributed by atoms with Crippen molar-refractivity contribution in [3.05, 3.63) is 37.0 Å². The molecule has 0 bridgehead atoms. The SMILES string of the molecule is C=C(C)C(=O)O.C=C(C)C(=O)OC.C=CC(=O)OCCO. The predicted octanol–water partition coefficient (Wildman–Crippen LogP) is 1.09. The van der Waals surface area contributed by atoms with E-state index in [2.05, 4.69) is 29.2 Å². The zero-order valence-electron chi connectivity index (χ0n) is 12.5. The van der Waals surface area contributed by atoms with Gasteiger partial charge >= 0.3 is 17.9 Å². The molecule has 0 aliphatic carbocycles. The second kappa shape index (κ2) is 15.6. The Hall–Kier alpha value is -2.41. The molecule has 2 N–H and O–H groups in total. The van der Waals surface area contributed by atoms with Gasteiger partial charge in [-0.05, 0) is 13.8 Å². The second-order valence-electron chi connectivity index (χ2n) is 3.45. The van der Waals surface area contributed by atoms with Gasteiger partial charge in [-0.3, -0.25) is 0 Å². The van der Waals surface area contributed by atoms with Gasteiger partial charge in [0.15, 0.2) is 0 Å².